The first kappa shape index (κ1) is 17.0. The first-order chi connectivity index (χ1) is 12.7. The van der Waals surface area contributed by atoms with Crippen molar-refractivity contribution in [2.75, 3.05) is 26.3 Å². The van der Waals surface area contributed by atoms with Crippen molar-refractivity contribution in [1.82, 2.24) is 19.9 Å². The molecular weight excluding hydrogens is 375 g/mol. The van der Waals surface area contributed by atoms with Crippen molar-refractivity contribution in [2.24, 2.45) is 0 Å². The Kier molecular flexibility index (Phi) is 4.41. The highest BCUT2D eigenvalue weighted by atomic mass is 35.5. The number of rotatable bonds is 2. The molecule has 138 valence electrons. The summed E-state index contributed by atoms with van der Waals surface area (Å²) in [6.45, 7) is 4.10. The lowest BCUT2D eigenvalue weighted by Crippen LogP contribution is -2.38. The molecule has 1 aromatic carbocycles. The Morgan fingerprint density at radius 1 is 1.12 bits per heavy atom. The highest BCUT2D eigenvalue weighted by Crippen LogP contribution is 2.38. The third kappa shape index (κ3) is 2.84. The van der Waals surface area contributed by atoms with Gasteiger partial charge in [-0.2, -0.15) is 0 Å². The Morgan fingerprint density at radius 2 is 1.96 bits per heavy atom. The summed E-state index contributed by atoms with van der Waals surface area (Å²) in [6, 6.07) is 6.23. The summed E-state index contributed by atoms with van der Waals surface area (Å²) in [4.78, 5) is 2.53. The molecule has 2 saturated heterocycles. The molecule has 4 heterocycles. The Labute approximate surface area is 162 Å². The number of ether oxygens (including phenoxy) is 2. The average molecular weight is 395 g/mol. The molecule has 2 atom stereocenters. The molecule has 0 bridgehead atoms. The van der Waals surface area contributed by atoms with Gasteiger partial charge in [0, 0.05) is 42.9 Å². The van der Waals surface area contributed by atoms with E-state index < -0.39 is 0 Å². The van der Waals surface area contributed by atoms with Gasteiger partial charge in [0.05, 0.1) is 29.5 Å². The maximum absolute atomic E-state index is 6.38. The van der Waals surface area contributed by atoms with Crippen LogP contribution in [0.2, 0.25) is 10.0 Å². The lowest BCUT2D eigenvalue weighted by atomic mass is 10.1. The van der Waals surface area contributed by atoms with E-state index in [0.29, 0.717) is 22.7 Å². The van der Waals surface area contributed by atoms with Crippen LogP contribution in [0.4, 0.5) is 0 Å². The summed E-state index contributed by atoms with van der Waals surface area (Å²) in [5, 5.41) is 10.1. The molecule has 0 unspecified atom stereocenters. The van der Waals surface area contributed by atoms with E-state index >= 15 is 0 Å². The van der Waals surface area contributed by atoms with Crippen LogP contribution in [0, 0.1) is 0 Å². The van der Waals surface area contributed by atoms with Crippen molar-refractivity contribution in [3.05, 3.63) is 33.9 Å². The van der Waals surface area contributed by atoms with E-state index in [4.69, 9.17) is 32.7 Å². The maximum atomic E-state index is 6.38. The molecule has 0 N–H and O–H groups in total. The zero-order valence-corrected chi connectivity index (χ0v) is 15.8. The van der Waals surface area contributed by atoms with Crippen LogP contribution in [-0.2, 0) is 16.1 Å². The van der Waals surface area contributed by atoms with Gasteiger partial charge in [-0.15, -0.1) is 5.10 Å². The summed E-state index contributed by atoms with van der Waals surface area (Å²) in [5.74, 6) is 0. The molecule has 0 radical (unpaired) electrons. The minimum atomic E-state index is 0.167. The Hall–Kier alpha value is -1.18. The van der Waals surface area contributed by atoms with Crippen LogP contribution in [0.1, 0.15) is 24.6 Å². The Bertz CT molecular complexity index is 822. The molecule has 26 heavy (non-hydrogen) atoms. The number of nitrogens with zero attached hydrogens (tertiary/aromatic N) is 4. The largest absolute Gasteiger partial charge is 0.381 e. The van der Waals surface area contributed by atoms with Gasteiger partial charge in [-0.3, -0.25) is 4.90 Å². The summed E-state index contributed by atoms with van der Waals surface area (Å²) < 4.78 is 13.7. The van der Waals surface area contributed by atoms with Crippen molar-refractivity contribution in [2.45, 2.75) is 37.6 Å². The molecule has 1 aromatic heterocycles. The second-order valence-electron chi connectivity index (χ2n) is 7.17. The van der Waals surface area contributed by atoms with Gasteiger partial charge in [-0.05, 0) is 31.0 Å². The number of hydrogen-bond acceptors (Lipinski definition) is 5. The van der Waals surface area contributed by atoms with Gasteiger partial charge in [-0.25, -0.2) is 4.68 Å². The van der Waals surface area contributed by atoms with Crippen LogP contribution >= 0.6 is 23.2 Å². The Morgan fingerprint density at radius 3 is 2.77 bits per heavy atom. The fourth-order valence-corrected chi connectivity index (χ4v) is 4.82. The molecule has 8 heteroatoms. The molecule has 0 saturated carbocycles. The van der Waals surface area contributed by atoms with Gasteiger partial charge < -0.3 is 9.47 Å². The molecule has 3 aliphatic rings. The fourth-order valence-electron chi connectivity index (χ4n) is 4.32. The van der Waals surface area contributed by atoms with Crippen LogP contribution in [0.15, 0.2) is 18.2 Å². The van der Waals surface area contributed by atoms with Gasteiger partial charge in [-0.1, -0.05) is 28.4 Å². The topological polar surface area (TPSA) is 52.4 Å². The third-order valence-electron chi connectivity index (χ3n) is 5.70. The van der Waals surface area contributed by atoms with Crippen LogP contribution < -0.4 is 0 Å². The zero-order chi connectivity index (χ0) is 17.7. The van der Waals surface area contributed by atoms with Crippen molar-refractivity contribution < 1.29 is 9.47 Å². The van der Waals surface area contributed by atoms with Crippen molar-refractivity contribution >= 4 is 23.2 Å². The van der Waals surface area contributed by atoms with E-state index in [1.165, 1.54) is 0 Å². The molecule has 0 spiro atoms. The molecule has 0 aliphatic carbocycles. The molecule has 5 rings (SSSR count). The summed E-state index contributed by atoms with van der Waals surface area (Å²) >= 11 is 12.4. The van der Waals surface area contributed by atoms with Gasteiger partial charge >= 0.3 is 0 Å². The zero-order valence-electron chi connectivity index (χ0n) is 14.3. The van der Waals surface area contributed by atoms with Crippen molar-refractivity contribution in [1.29, 1.82) is 0 Å². The summed E-state index contributed by atoms with van der Waals surface area (Å²) in [6.07, 6.45) is 2.35. The number of fused-ring (bicyclic) bond motifs is 3. The van der Waals surface area contributed by atoms with E-state index in [1.807, 2.05) is 16.8 Å². The third-order valence-corrected chi connectivity index (χ3v) is 6.25. The van der Waals surface area contributed by atoms with Crippen LogP contribution in [0.25, 0.3) is 11.3 Å². The van der Waals surface area contributed by atoms with E-state index in [-0.39, 0.29) is 12.1 Å². The second-order valence-corrected chi connectivity index (χ2v) is 8.01. The first-order valence-corrected chi connectivity index (χ1v) is 9.79. The smallest absolute Gasteiger partial charge is 0.120 e. The standard InChI is InChI=1S/C18H20Cl2N4O2/c19-11-1-2-13(14(20)7-11)18-16-10-26-17-9-23(12-3-5-25-6-4-12)8-15(17)24(16)22-21-18/h1-2,7,12,15,17H,3-6,8-10H2/t15-,17-/m0/s1. The maximum Gasteiger partial charge on any atom is 0.120 e. The minimum absolute atomic E-state index is 0.167. The number of likely N-dealkylation sites (tertiary alicyclic amines) is 1. The van der Waals surface area contributed by atoms with Gasteiger partial charge in [0.1, 0.15) is 5.69 Å². The molecule has 2 aromatic rings. The van der Waals surface area contributed by atoms with Gasteiger partial charge in [0.15, 0.2) is 0 Å². The minimum Gasteiger partial charge on any atom is -0.381 e. The normalized spacial score (nSPS) is 26.7. The Balaban J connectivity index is 1.43. The van der Waals surface area contributed by atoms with Gasteiger partial charge in [0.25, 0.3) is 0 Å². The van der Waals surface area contributed by atoms with Crippen LogP contribution in [-0.4, -0.2) is 58.3 Å². The van der Waals surface area contributed by atoms with E-state index in [1.54, 1.807) is 6.07 Å². The average Bonchev–Trinajstić information content (AvgIpc) is 3.26. The fraction of sp³-hybridized carbons (Fsp3) is 0.556. The predicted octanol–water partition coefficient (Wildman–Crippen LogP) is 3.19. The number of aromatic nitrogens is 3. The van der Waals surface area contributed by atoms with Crippen LogP contribution in [0.5, 0.6) is 0 Å². The molecule has 0 amide bonds. The van der Waals surface area contributed by atoms with Gasteiger partial charge in [0.2, 0.25) is 0 Å². The highest BCUT2D eigenvalue weighted by molar-refractivity contribution is 6.36. The van der Waals surface area contributed by atoms with Crippen molar-refractivity contribution in [3.63, 3.8) is 0 Å². The SMILES string of the molecule is Clc1ccc(-c2nnn3c2CO[C@H]2CN(C4CCOCC4)C[C@@H]23)c(Cl)c1. The predicted molar refractivity (Wildman–Crippen MR) is 98.5 cm³/mol. The van der Waals surface area contributed by atoms with E-state index in [0.717, 1.165) is 56.1 Å². The molecule has 3 aliphatic heterocycles. The highest BCUT2D eigenvalue weighted by Gasteiger charge is 2.43. The van der Waals surface area contributed by atoms with Crippen molar-refractivity contribution in [3.8, 4) is 11.3 Å². The number of hydrogen-bond donors (Lipinski definition) is 0. The monoisotopic (exact) mass is 394 g/mol. The molecule has 6 nitrogen and oxygen atoms in total. The number of halogens is 2. The number of benzene rings is 1. The van der Waals surface area contributed by atoms with E-state index in [9.17, 15) is 0 Å². The van der Waals surface area contributed by atoms with E-state index in [2.05, 4.69) is 15.2 Å². The second kappa shape index (κ2) is 6.77. The quantitative estimate of drug-likeness (QED) is 0.782. The lowest BCUT2D eigenvalue weighted by Gasteiger charge is -2.30. The summed E-state index contributed by atoms with van der Waals surface area (Å²) in [7, 11) is 0. The first-order valence-electron chi connectivity index (χ1n) is 9.03. The summed E-state index contributed by atoms with van der Waals surface area (Å²) in [5.41, 5.74) is 2.62. The van der Waals surface area contributed by atoms with Crippen LogP contribution in [0.3, 0.4) is 0 Å². The molecular formula is C18H20Cl2N4O2. The molecule has 2 fully saturated rings. The lowest BCUT2D eigenvalue weighted by molar-refractivity contribution is -0.00870.